The molecule has 6 heteroatoms. The average molecular weight is 182 g/mol. The first-order chi connectivity index (χ1) is 5.54. The van der Waals surface area contributed by atoms with E-state index in [1.165, 1.54) is 0 Å². The van der Waals surface area contributed by atoms with Gasteiger partial charge >= 0.3 is 0 Å². The number of carbonyl (C=O) groups excluding carboxylic acids is 1. The van der Waals surface area contributed by atoms with Crippen LogP contribution in [0.4, 0.5) is 0 Å². The number of carbonyl (C=O) groups is 1. The van der Waals surface area contributed by atoms with Crippen LogP contribution in [0.15, 0.2) is 0 Å². The van der Waals surface area contributed by atoms with E-state index < -0.39 is 31.0 Å². The highest BCUT2D eigenvalue weighted by Gasteiger charge is 2.29. The number of hydrogen-bond donors (Lipinski definition) is 5. The Bertz CT molecular complexity index is 138. The molecule has 0 aromatic heterocycles. The number of aliphatic hydroxyl groups excluding tert-OH is 5. The number of aliphatic hydroxyl groups is 5. The lowest BCUT2D eigenvalue weighted by atomic mass is 10.1. The van der Waals surface area contributed by atoms with Crippen LogP contribution < -0.4 is 0 Å². The van der Waals surface area contributed by atoms with Gasteiger partial charge in [-0.1, -0.05) is 0 Å². The zero-order valence-electron chi connectivity index (χ0n) is 6.24. The van der Waals surface area contributed by atoms with Crippen LogP contribution >= 0.6 is 0 Å². The lowest BCUT2D eigenvalue weighted by Gasteiger charge is -2.22. The van der Waals surface area contributed by atoms with Gasteiger partial charge in [0.25, 0.3) is 0 Å². The maximum atomic E-state index is 9.90. The SMILES string of the molecule is O=C[C@H]([18OH])[C@@H](O)[C@H](O)[C@H](O)CO. The summed E-state index contributed by atoms with van der Waals surface area (Å²) in [6.45, 7) is -0.760. The second kappa shape index (κ2) is 5.18. The molecule has 12 heavy (non-hydrogen) atoms. The molecule has 0 rings (SSSR count). The first kappa shape index (κ1) is 11.5. The van der Waals surface area contributed by atoms with Gasteiger partial charge in [0.05, 0.1) is 6.61 Å². The van der Waals surface area contributed by atoms with Crippen molar-refractivity contribution in [1.29, 1.82) is 0 Å². The minimum absolute atomic E-state index is 0.0258. The van der Waals surface area contributed by atoms with E-state index >= 15 is 0 Å². The third-order valence-electron chi connectivity index (χ3n) is 1.42. The Morgan fingerprint density at radius 2 is 1.75 bits per heavy atom. The highest BCUT2D eigenvalue weighted by Crippen LogP contribution is 2.02. The minimum atomic E-state index is -1.79. The van der Waals surface area contributed by atoms with Crippen molar-refractivity contribution < 1.29 is 30.3 Å². The monoisotopic (exact) mass is 182 g/mol. The predicted octanol–water partition coefficient (Wildman–Crippen LogP) is -3.38. The van der Waals surface area contributed by atoms with Gasteiger partial charge in [0, 0.05) is 0 Å². The summed E-state index contributed by atoms with van der Waals surface area (Å²) in [5.41, 5.74) is 0. The molecule has 0 aliphatic heterocycles. The smallest absolute Gasteiger partial charge is 0.151 e. The minimum Gasteiger partial charge on any atom is -0.394 e. The van der Waals surface area contributed by atoms with Gasteiger partial charge in [-0.15, -0.1) is 0 Å². The molecule has 0 aliphatic rings. The summed E-state index contributed by atoms with van der Waals surface area (Å²) in [5, 5.41) is 43.5. The summed E-state index contributed by atoms with van der Waals surface area (Å²) < 4.78 is 0. The molecule has 0 aromatic carbocycles. The van der Waals surface area contributed by atoms with Gasteiger partial charge < -0.3 is 30.3 Å². The predicted molar refractivity (Wildman–Crippen MR) is 37.2 cm³/mol. The van der Waals surface area contributed by atoms with E-state index in [-0.39, 0.29) is 6.29 Å². The standard InChI is InChI=1S/C6H12O6/c7-1-3(9)5(11)6(12)4(10)2-8/h1,3-6,8-12H,2H2/t3-,4+,5+,6+/m0/s1/i9+2. The molecule has 72 valence electrons. The molecule has 0 unspecified atom stereocenters. The molecule has 4 atom stereocenters. The zero-order valence-corrected chi connectivity index (χ0v) is 6.24. The van der Waals surface area contributed by atoms with E-state index in [1.54, 1.807) is 0 Å². The average Bonchev–Trinajstić information content (AvgIpc) is 2.12. The fourth-order valence-electron chi connectivity index (χ4n) is 0.618. The van der Waals surface area contributed by atoms with Crippen LogP contribution in [-0.2, 0) is 4.79 Å². The third kappa shape index (κ3) is 2.84. The van der Waals surface area contributed by atoms with Crippen molar-refractivity contribution in [3.05, 3.63) is 0 Å². The maximum absolute atomic E-state index is 9.90. The van der Waals surface area contributed by atoms with Crippen molar-refractivity contribution in [3.63, 3.8) is 0 Å². The first-order valence-corrected chi connectivity index (χ1v) is 3.33. The number of rotatable bonds is 5. The summed E-state index contributed by atoms with van der Waals surface area (Å²) >= 11 is 0. The highest BCUT2D eigenvalue weighted by atomic mass is 18.2. The lowest BCUT2D eigenvalue weighted by Crippen LogP contribution is -2.46. The molecule has 0 amide bonds. The van der Waals surface area contributed by atoms with Crippen LogP contribution in [0.2, 0.25) is 0 Å². The molecule has 0 saturated carbocycles. The van der Waals surface area contributed by atoms with Gasteiger partial charge in [-0.25, -0.2) is 0 Å². The summed E-state index contributed by atoms with van der Waals surface area (Å²) in [6, 6.07) is 0. The second-order valence-electron chi connectivity index (χ2n) is 2.36. The van der Waals surface area contributed by atoms with Crippen LogP contribution in [0.5, 0.6) is 0 Å². The lowest BCUT2D eigenvalue weighted by molar-refractivity contribution is -0.136. The molecule has 0 fully saturated rings. The summed E-state index contributed by atoms with van der Waals surface area (Å²) in [6.07, 6.45) is -6.84. The molecule has 5 N–H and O–H groups in total. The molecular weight excluding hydrogens is 170 g/mol. The molecule has 0 spiro atoms. The Hall–Kier alpha value is -0.530. The second-order valence-corrected chi connectivity index (χ2v) is 2.36. The van der Waals surface area contributed by atoms with Crippen LogP contribution in [0.3, 0.4) is 0 Å². The van der Waals surface area contributed by atoms with Crippen molar-refractivity contribution >= 4 is 6.29 Å². The number of aldehydes is 1. The Morgan fingerprint density at radius 3 is 2.08 bits per heavy atom. The van der Waals surface area contributed by atoms with Gasteiger partial charge in [0.1, 0.15) is 24.4 Å². The van der Waals surface area contributed by atoms with Gasteiger partial charge in [-0.05, 0) is 0 Å². The van der Waals surface area contributed by atoms with E-state index in [4.69, 9.17) is 25.5 Å². The van der Waals surface area contributed by atoms with Crippen LogP contribution in [0.1, 0.15) is 0 Å². The van der Waals surface area contributed by atoms with Crippen molar-refractivity contribution in [3.8, 4) is 0 Å². The van der Waals surface area contributed by atoms with Gasteiger partial charge in [-0.3, -0.25) is 0 Å². The fraction of sp³-hybridized carbons (Fsp3) is 0.833. The Balaban J connectivity index is 4.07. The number of hydrogen-bond acceptors (Lipinski definition) is 6. The van der Waals surface area contributed by atoms with Gasteiger partial charge in [-0.2, -0.15) is 0 Å². The molecule has 0 heterocycles. The van der Waals surface area contributed by atoms with Crippen LogP contribution in [0, 0.1) is 0 Å². The Kier molecular flexibility index (Phi) is 4.95. The van der Waals surface area contributed by atoms with Crippen molar-refractivity contribution in [2.75, 3.05) is 6.61 Å². The summed E-state index contributed by atoms with van der Waals surface area (Å²) in [5.74, 6) is 0. The van der Waals surface area contributed by atoms with Crippen LogP contribution in [-0.4, -0.2) is 62.8 Å². The van der Waals surface area contributed by atoms with E-state index in [0.29, 0.717) is 0 Å². The van der Waals surface area contributed by atoms with E-state index in [9.17, 15) is 4.79 Å². The molecule has 6 nitrogen and oxygen atoms in total. The first-order valence-electron chi connectivity index (χ1n) is 3.33. The van der Waals surface area contributed by atoms with E-state index in [2.05, 4.69) is 0 Å². The molecule has 0 bridgehead atoms. The maximum Gasteiger partial charge on any atom is 0.151 e. The fourth-order valence-corrected chi connectivity index (χ4v) is 0.618. The molecule has 0 aliphatic carbocycles. The largest absolute Gasteiger partial charge is 0.394 e. The van der Waals surface area contributed by atoms with Crippen molar-refractivity contribution in [2.24, 2.45) is 0 Å². The highest BCUT2D eigenvalue weighted by molar-refractivity contribution is 5.56. The Morgan fingerprint density at radius 1 is 1.25 bits per heavy atom. The molecule has 0 saturated heterocycles. The third-order valence-corrected chi connectivity index (χ3v) is 1.42. The van der Waals surface area contributed by atoms with Gasteiger partial charge in [0.15, 0.2) is 6.29 Å². The normalized spacial score (nSPS) is 21.1. The van der Waals surface area contributed by atoms with E-state index in [0.717, 1.165) is 0 Å². The van der Waals surface area contributed by atoms with Crippen molar-refractivity contribution in [2.45, 2.75) is 24.4 Å². The summed E-state index contributed by atoms with van der Waals surface area (Å²) in [4.78, 5) is 9.90. The summed E-state index contributed by atoms with van der Waals surface area (Å²) in [7, 11) is 0. The topological polar surface area (TPSA) is 118 Å². The Labute approximate surface area is 68.7 Å². The molecular formula is C6H12O6. The molecule has 0 radical (unpaired) electrons. The quantitative estimate of drug-likeness (QED) is 0.223. The van der Waals surface area contributed by atoms with Crippen LogP contribution in [0.25, 0.3) is 0 Å². The zero-order chi connectivity index (χ0) is 9.72. The van der Waals surface area contributed by atoms with Crippen molar-refractivity contribution in [1.82, 2.24) is 0 Å². The van der Waals surface area contributed by atoms with E-state index in [1.807, 2.05) is 0 Å². The molecule has 0 aromatic rings. The van der Waals surface area contributed by atoms with Gasteiger partial charge in [0.2, 0.25) is 0 Å².